The maximum Gasteiger partial charge on any atom is 0.106 e. The molecule has 0 radical (unpaired) electrons. The predicted molar refractivity (Wildman–Crippen MR) is 45.5 cm³/mol. The summed E-state index contributed by atoms with van der Waals surface area (Å²) in [7, 11) is 0. The first-order chi connectivity index (χ1) is 5.42. The third-order valence-corrected chi connectivity index (χ3v) is 2.44. The molecule has 60 valence electrons. The summed E-state index contributed by atoms with van der Waals surface area (Å²) >= 11 is 0. The Morgan fingerprint density at radius 3 is 3.45 bits per heavy atom. The van der Waals surface area contributed by atoms with Gasteiger partial charge in [0, 0.05) is 18.7 Å². The lowest BCUT2D eigenvalue weighted by Crippen LogP contribution is -2.29. The SMILES string of the molecule is NCC1=CC=NC2NCCC12. The second kappa shape index (κ2) is 2.75. The number of aliphatic imine (C=N–C) groups is 1. The van der Waals surface area contributed by atoms with Crippen molar-refractivity contribution in [3.05, 3.63) is 11.6 Å². The van der Waals surface area contributed by atoms with Crippen LogP contribution in [0, 0.1) is 5.92 Å². The topological polar surface area (TPSA) is 50.4 Å². The van der Waals surface area contributed by atoms with E-state index in [1.807, 2.05) is 12.3 Å². The van der Waals surface area contributed by atoms with Crippen LogP contribution in [0.15, 0.2) is 16.6 Å². The average Bonchev–Trinajstić information content (AvgIpc) is 2.50. The fourth-order valence-electron chi connectivity index (χ4n) is 1.81. The molecule has 2 rings (SSSR count). The van der Waals surface area contributed by atoms with Crippen LogP contribution in [0.5, 0.6) is 0 Å². The van der Waals surface area contributed by atoms with Gasteiger partial charge in [-0.1, -0.05) is 0 Å². The van der Waals surface area contributed by atoms with E-state index in [2.05, 4.69) is 10.3 Å². The molecule has 2 aliphatic heterocycles. The average molecular weight is 151 g/mol. The molecule has 1 saturated heterocycles. The normalized spacial score (nSPS) is 35.2. The van der Waals surface area contributed by atoms with E-state index in [0.29, 0.717) is 18.6 Å². The highest BCUT2D eigenvalue weighted by Gasteiger charge is 2.29. The van der Waals surface area contributed by atoms with Gasteiger partial charge in [0.1, 0.15) is 6.17 Å². The lowest BCUT2D eigenvalue weighted by molar-refractivity contribution is 0.513. The molecule has 1 fully saturated rings. The fraction of sp³-hybridized carbons (Fsp3) is 0.625. The van der Waals surface area contributed by atoms with Gasteiger partial charge < -0.3 is 5.73 Å². The molecule has 3 heteroatoms. The largest absolute Gasteiger partial charge is 0.327 e. The van der Waals surface area contributed by atoms with E-state index in [-0.39, 0.29) is 0 Å². The summed E-state index contributed by atoms with van der Waals surface area (Å²) in [5.41, 5.74) is 6.94. The van der Waals surface area contributed by atoms with Crippen LogP contribution in [0.3, 0.4) is 0 Å². The Bertz CT molecular complexity index is 207. The predicted octanol–water partition coefficient (Wildman–Crippen LogP) is -0.109. The zero-order valence-electron chi connectivity index (χ0n) is 6.46. The Morgan fingerprint density at radius 2 is 2.64 bits per heavy atom. The van der Waals surface area contributed by atoms with Gasteiger partial charge in [0.05, 0.1) is 0 Å². The summed E-state index contributed by atoms with van der Waals surface area (Å²) in [4.78, 5) is 4.32. The molecule has 2 heterocycles. The van der Waals surface area contributed by atoms with Crippen molar-refractivity contribution in [1.29, 1.82) is 0 Å². The van der Waals surface area contributed by atoms with Crippen LogP contribution in [0.2, 0.25) is 0 Å². The molecule has 0 aliphatic carbocycles. The van der Waals surface area contributed by atoms with Gasteiger partial charge in [-0.25, -0.2) is 0 Å². The quantitative estimate of drug-likeness (QED) is 0.549. The summed E-state index contributed by atoms with van der Waals surface area (Å²) in [5.74, 6) is 0.574. The Balaban J connectivity index is 2.19. The first-order valence-electron chi connectivity index (χ1n) is 4.07. The third kappa shape index (κ3) is 1.10. The summed E-state index contributed by atoms with van der Waals surface area (Å²) in [6, 6.07) is 0. The number of nitrogens with one attached hydrogen (secondary N) is 1. The number of allylic oxidation sites excluding steroid dienone is 1. The van der Waals surface area contributed by atoms with Gasteiger partial charge in [0.2, 0.25) is 0 Å². The number of hydrogen-bond acceptors (Lipinski definition) is 3. The lowest BCUT2D eigenvalue weighted by atomic mass is 9.94. The van der Waals surface area contributed by atoms with E-state index in [0.717, 1.165) is 6.54 Å². The van der Waals surface area contributed by atoms with Crippen LogP contribution in [-0.4, -0.2) is 25.5 Å². The van der Waals surface area contributed by atoms with E-state index in [1.165, 1.54) is 12.0 Å². The number of nitrogens with two attached hydrogens (primary N) is 1. The van der Waals surface area contributed by atoms with Crippen LogP contribution in [-0.2, 0) is 0 Å². The van der Waals surface area contributed by atoms with Crippen LogP contribution in [0.4, 0.5) is 0 Å². The van der Waals surface area contributed by atoms with Gasteiger partial charge in [-0.15, -0.1) is 0 Å². The highest BCUT2D eigenvalue weighted by molar-refractivity contribution is 5.74. The zero-order chi connectivity index (χ0) is 7.68. The van der Waals surface area contributed by atoms with Crippen LogP contribution < -0.4 is 11.1 Å². The molecular weight excluding hydrogens is 138 g/mol. The van der Waals surface area contributed by atoms with Crippen molar-refractivity contribution in [2.75, 3.05) is 13.1 Å². The first-order valence-corrected chi connectivity index (χ1v) is 4.07. The van der Waals surface area contributed by atoms with Gasteiger partial charge in [0.15, 0.2) is 0 Å². The zero-order valence-corrected chi connectivity index (χ0v) is 6.46. The molecule has 11 heavy (non-hydrogen) atoms. The minimum Gasteiger partial charge on any atom is -0.327 e. The number of hydrogen-bond donors (Lipinski definition) is 2. The van der Waals surface area contributed by atoms with Crippen molar-refractivity contribution in [2.45, 2.75) is 12.6 Å². The number of dihydropyridines is 1. The third-order valence-electron chi connectivity index (χ3n) is 2.44. The molecule has 0 amide bonds. The van der Waals surface area contributed by atoms with E-state index < -0.39 is 0 Å². The highest BCUT2D eigenvalue weighted by Crippen LogP contribution is 2.25. The van der Waals surface area contributed by atoms with Crippen molar-refractivity contribution in [1.82, 2.24) is 5.32 Å². The molecule has 0 bridgehead atoms. The molecule has 0 aromatic carbocycles. The summed E-state index contributed by atoms with van der Waals surface area (Å²) in [6.45, 7) is 1.75. The summed E-state index contributed by atoms with van der Waals surface area (Å²) in [5, 5.41) is 3.33. The second-order valence-electron chi connectivity index (χ2n) is 3.04. The minimum atomic E-state index is 0.318. The second-order valence-corrected chi connectivity index (χ2v) is 3.04. The van der Waals surface area contributed by atoms with Gasteiger partial charge in [-0.05, 0) is 24.6 Å². The van der Waals surface area contributed by atoms with Gasteiger partial charge in [0.25, 0.3) is 0 Å². The molecule has 3 N–H and O–H groups in total. The van der Waals surface area contributed by atoms with E-state index in [9.17, 15) is 0 Å². The molecule has 2 aliphatic rings. The van der Waals surface area contributed by atoms with Gasteiger partial charge >= 0.3 is 0 Å². The summed E-state index contributed by atoms with van der Waals surface area (Å²) in [6.07, 6.45) is 5.42. The highest BCUT2D eigenvalue weighted by atomic mass is 15.1. The molecule has 2 atom stereocenters. The first kappa shape index (κ1) is 7.00. The van der Waals surface area contributed by atoms with E-state index in [4.69, 9.17) is 5.73 Å². The maximum atomic E-state index is 5.60. The van der Waals surface area contributed by atoms with Crippen LogP contribution >= 0.6 is 0 Å². The Kier molecular flexibility index (Phi) is 1.75. The number of nitrogens with zero attached hydrogens (tertiary/aromatic N) is 1. The number of fused-ring (bicyclic) bond motifs is 1. The Hall–Kier alpha value is -0.670. The van der Waals surface area contributed by atoms with Crippen molar-refractivity contribution in [3.8, 4) is 0 Å². The van der Waals surface area contributed by atoms with E-state index in [1.54, 1.807) is 0 Å². The molecule has 3 nitrogen and oxygen atoms in total. The number of rotatable bonds is 1. The van der Waals surface area contributed by atoms with Crippen molar-refractivity contribution < 1.29 is 0 Å². The van der Waals surface area contributed by atoms with Crippen LogP contribution in [0.1, 0.15) is 6.42 Å². The minimum absolute atomic E-state index is 0.318. The van der Waals surface area contributed by atoms with Crippen LogP contribution in [0.25, 0.3) is 0 Å². The molecule has 0 aromatic rings. The van der Waals surface area contributed by atoms with Crippen molar-refractivity contribution in [2.24, 2.45) is 16.6 Å². The van der Waals surface area contributed by atoms with Crippen molar-refractivity contribution >= 4 is 6.21 Å². The van der Waals surface area contributed by atoms with E-state index >= 15 is 0 Å². The fourth-order valence-corrected chi connectivity index (χ4v) is 1.81. The van der Waals surface area contributed by atoms with Gasteiger partial charge in [-0.3, -0.25) is 10.3 Å². The molecule has 0 spiro atoms. The lowest BCUT2D eigenvalue weighted by Gasteiger charge is -2.20. The smallest absolute Gasteiger partial charge is 0.106 e. The van der Waals surface area contributed by atoms with Crippen molar-refractivity contribution in [3.63, 3.8) is 0 Å². The van der Waals surface area contributed by atoms with Gasteiger partial charge in [-0.2, -0.15) is 0 Å². The standard InChI is InChI=1S/C8H13N3/c9-5-6-1-3-10-8-7(6)2-4-11-8/h1,3,7-8,11H,2,4-5,9H2. The Labute approximate surface area is 66.4 Å². The monoisotopic (exact) mass is 151 g/mol. The maximum absolute atomic E-state index is 5.60. The Morgan fingerprint density at radius 1 is 1.73 bits per heavy atom. The molecular formula is C8H13N3. The molecule has 0 saturated carbocycles. The molecule has 0 aromatic heterocycles. The summed E-state index contributed by atoms with van der Waals surface area (Å²) < 4.78 is 0. The molecule has 2 unspecified atom stereocenters.